The lowest BCUT2D eigenvalue weighted by Crippen LogP contribution is -2.17. The first kappa shape index (κ1) is 23.4. The predicted octanol–water partition coefficient (Wildman–Crippen LogP) is 6.06. The highest BCUT2D eigenvalue weighted by molar-refractivity contribution is 5.97. The smallest absolute Gasteiger partial charge is 0.178 e. The van der Waals surface area contributed by atoms with Gasteiger partial charge in [0.2, 0.25) is 0 Å². The molecule has 4 aromatic rings. The summed E-state index contributed by atoms with van der Waals surface area (Å²) in [4.78, 5) is 24.8. The normalized spacial score (nSPS) is 12.9. The molecule has 2 aromatic carbocycles. The number of rotatable bonds is 10. The third-order valence-electron chi connectivity index (χ3n) is 5.56. The fourth-order valence-corrected chi connectivity index (χ4v) is 3.64. The summed E-state index contributed by atoms with van der Waals surface area (Å²) in [5.74, 6) is 2.49. The third-order valence-corrected chi connectivity index (χ3v) is 5.56. The summed E-state index contributed by atoms with van der Waals surface area (Å²) in [7, 11) is 1.64. The number of aromatic nitrogens is 3. The van der Waals surface area contributed by atoms with E-state index in [1.54, 1.807) is 19.4 Å². The second kappa shape index (κ2) is 10.5. The maximum Gasteiger partial charge on any atom is 0.178 e. The van der Waals surface area contributed by atoms with Crippen molar-refractivity contribution in [3.8, 4) is 28.6 Å². The number of benzene rings is 2. The summed E-state index contributed by atoms with van der Waals surface area (Å²) in [6.45, 7) is 6.33. The van der Waals surface area contributed by atoms with Gasteiger partial charge in [0.1, 0.15) is 29.2 Å². The van der Waals surface area contributed by atoms with Crippen LogP contribution < -0.4 is 9.47 Å². The van der Waals surface area contributed by atoms with Crippen molar-refractivity contribution in [2.24, 2.45) is 5.92 Å². The summed E-state index contributed by atoms with van der Waals surface area (Å²) in [6, 6.07) is 16.7. The SMILES string of the molecule is CCC(C)C(=O)c1cccc(Oc2cc(OC(C)COC)cc(-c3nc4ncccc4[nH]3)c2)c1. The van der Waals surface area contributed by atoms with Crippen LogP contribution in [0.2, 0.25) is 0 Å². The topological polar surface area (TPSA) is 86.3 Å². The molecule has 2 unspecified atom stereocenters. The lowest BCUT2D eigenvalue weighted by atomic mass is 9.97. The number of hydrogen-bond donors (Lipinski definition) is 1. The summed E-state index contributed by atoms with van der Waals surface area (Å²) in [5, 5.41) is 0. The second-order valence-electron chi connectivity index (χ2n) is 8.34. The number of fused-ring (bicyclic) bond motifs is 1. The minimum Gasteiger partial charge on any atom is -0.488 e. The first-order chi connectivity index (χ1) is 16.5. The molecule has 0 saturated carbocycles. The van der Waals surface area contributed by atoms with Crippen molar-refractivity contribution in [1.82, 2.24) is 15.0 Å². The van der Waals surface area contributed by atoms with E-state index in [4.69, 9.17) is 14.2 Å². The largest absolute Gasteiger partial charge is 0.488 e. The minimum absolute atomic E-state index is 0.0393. The number of H-pyrrole nitrogens is 1. The number of Topliss-reactive ketones (excluding diaryl/α,β-unsaturated/α-hetero) is 1. The maximum absolute atomic E-state index is 12.6. The van der Waals surface area contributed by atoms with Gasteiger partial charge in [0, 0.05) is 36.4 Å². The lowest BCUT2D eigenvalue weighted by molar-refractivity contribution is 0.0919. The van der Waals surface area contributed by atoms with Crippen molar-refractivity contribution in [3.05, 3.63) is 66.4 Å². The van der Waals surface area contributed by atoms with E-state index >= 15 is 0 Å². The van der Waals surface area contributed by atoms with Gasteiger partial charge in [-0.2, -0.15) is 0 Å². The summed E-state index contributed by atoms with van der Waals surface area (Å²) < 4.78 is 17.4. The molecule has 0 bridgehead atoms. The van der Waals surface area contributed by atoms with Crippen LogP contribution >= 0.6 is 0 Å². The molecule has 4 rings (SSSR count). The zero-order chi connectivity index (χ0) is 24.1. The molecule has 2 heterocycles. The molecule has 2 atom stereocenters. The maximum atomic E-state index is 12.6. The Morgan fingerprint density at radius 3 is 2.62 bits per heavy atom. The Kier molecular flexibility index (Phi) is 7.23. The highest BCUT2D eigenvalue weighted by Crippen LogP contribution is 2.33. The number of hydrogen-bond acceptors (Lipinski definition) is 6. The van der Waals surface area contributed by atoms with Crippen LogP contribution in [-0.2, 0) is 4.74 Å². The highest BCUT2D eigenvalue weighted by Gasteiger charge is 2.15. The summed E-state index contributed by atoms with van der Waals surface area (Å²) in [5.41, 5.74) is 2.91. The molecule has 0 radical (unpaired) electrons. The number of ether oxygens (including phenoxy) is 3. The van der Waals surface area contributed by atoms with Gasteiger partial charge in [-0.15, -0.1) is 0 Å². The van der Waals surface area contributed by atoms with E-state index in [2.05, 4.69) is 15.0 Å². The molecule has 0 aliphatic rings. The molecule has 34 heavy (non-hydrogen) atoms. The third kappa shape index (κ3) is 5.43. The molecule has 0 fully saturated rings. The average molecular weight is 460 g/mol. The average Bonchev–Trinajstić information content (AvgIpc) is 3.28. The fraction of sp³-hybridized carbons (Fsp3) is 0.296. The number of ketones is 1. The van der Waals surface area contributed by atoms with Crippen molar-refractivity contribution >= 4 is 16.9 Å². The number of carbonyl (C=O) groups is 1. The van der Waals surface area contributed by atoms with Gasteiger partial charge < -0.3 is 19.2 Å². The number of methoxy groups -OCH3 is 1. The Morgan fingerprint density at radius 2 is 1.85 bits per heavy atom. The molecule has 0 amide bonds. The molecule has 0 spiro atoms. The van der Waals surface area contributed by atoms with Crippen molar-refractivity contribution in [1.29, 1.82) is 0 Å². The first-order valence-corrected chi connectivity index (χ1v) is 11.4. The van der Waals surface area contributed by atoms with Crippen LogP contribution in [0.4, 0.5) is 0 Å². The van der Waals surface area contributed by atoms with Crippen molar-refractivity contribution in [2.75, 3.05) is 13.7 Å². The Morgan fingerprint density at radius 1 is 1.03 bits per heavy atom. The van der Waals surface area contributed by atoms with E-state index in [0.29, 0.717) is 40.9 Å². The van der Waals surface area contributed by atoms with E-state index in [1.165, 1.54) is 0 Å². The van der Waals surface area contributed by atoms with Crippen LogP contribution in [0.5, 0.6) is 17.2 Å². The second-order valence-corrected chi connectivity index (χ2v) is 8.34. The van der Waals surface area contributed by atoms with Crippen LogP contribution in [0.25, 0.3) is 22.6 Å². The lowest BCUT2D eigenvalue weighted by Gasteiger charge is -2.16. The van der Waals surface area contributed by atoms with Gasteiger partial charge in [0.25, 0.3) is 0 Å². The molecule has 0 aliphatic carbocycles. The Labute approximate surface area is 199 Å². The molecule has 176 valence electrons. The van der Waals surface area contributed by atoms with Crippen LogP contribution in [0, 0.1) is 5.92 Å². The van der Waals surface area contributed by atoms with Crippen LogP contribution in [0.3, 0.4) is 0 Å². The fourth-order valence-electron chi connectivity index (χ4n) is 3.64. The Balaban J connectivity index is 1.69. The van der Waals surface area contributed by atoms with E-state index in [9.17, 15) is 4.79 Å². The van der Waals surface area contributed by atoms with Gasteiger partial charge in [-0.1, -0.05) is 26.0 Å². The zero-order valence-electron chi connectivity index (χ0n) is 19.9. The van der Waals surface area contributed by atoms with Gasteiger partial charge in [-0.25, -0.2) is 9.97 Å². The van der Waals surface area contributed by atoms with E-state index in [-0.39, 0.29) is 17.8 Å². The van der Waals surface area contributed by atoms with Gasteiger partial charge in [0.15, 0.2) is 11.4 Å². The molecule has 1 N–H and O–H groups in total. The number of pyridine rings is 1. The van der Waals surface area contributed by atoms with Crippen LogP contribution in [-0.4, -0.2) is 40.6 Å². The molecular weight excluding hydrogens is 430 g/mol. The number of carbonyl (C=O) groups excluding carboxylic acids is 1. The molecule has 2 aromatic heterocycles. The van der Waals surface area contributed by atoms with E-state index < -0.39 is 0 Å². The van der Waals surface area contributed by atoms with Gasteiger partial charge in [-0.3, -0.25) is 4.79 Å². The highest BCUT2D eigenvalue weighted by atomic mass is 16.5. The molecule has 7 heteroatoms. The van der Waals surface area contributed by atoms with Gasteiger partial charge in [0.05, 0.1) is 12.1 Å². The standard InChI is InChI=1S/C27H29N3O4/c1-5-17(2)25(31)19-8-6-9-21(12-19)34-23-14-20(13-22(15-23)33-18(3)16-32-4)26-29-24-10-7-11-28-27(24)30-26/h6-15,17-18H,5,16H2,1-4H3,(H,28,29,30). The number of nitrogens with one attached hydrogen (secondary N) is 1. The molecular formula is C27H29N3O4. The van der Waals surface area contributed by atoms with Crippen LogP contribution in [0.1, 0.15) is 37.6 Å². The predicted molar refractivity (Wildman–Crippen MR) is 132 cm³/mol. The minimum atomic E-state index is -0.151. The van der Waals surface area contributed by atoms with E-state index in [0.717, 1.165) is 17.5 Å². The number of imidazole rings is 1. The van der Waals surface area contributed by atoms with Crippen molar-refractivity contribution in [3.63, 3.8) is 0 Å². The quantitative estimate of drug-likeness (QED) is 0.290. The molecule has 0 aliphatic heterocycles. The van der Waals surface area contributed by atoms with Gasteiger partial charge >= 0.3 is 0 Å². The van der Waals surface area contributed by atoms with E-state index in [1.807, 2.05) is 69.3 Å². The monoisotopic (exact) mass is 459 g/mol. The van der Waals surface area contributed by atoms with Crippen molar-refractivity contribution in [2.45, 2.75) is 33.3 Å². The molecule has 7 nitrogen and oxygen atoms in total. The van der Waals surface area contributed by atoms with Crippen LogP contribution in [0.15, 0.2) is 60.8 Å². The Bertz CT molecular complexity index is 1250. The summed E-state index contributed by atoms with van der Waals surface area (Å²) in [6.07, 6.45) is 2.35. The molecule has 0 saturated heterocycles. The first-order valence-electron chi connectivity index (χ1n) is 11.4. The number of aromatic amines is 1. The van der Waals surface area contributed by atoms with Crippen molar-refractivity contribution < 1.29 is 19.0 Å². The zero-order valence-corrected chi connectivity index (χ0v) is 19.9. The Hall–Kier alpha value is -3.71. The van der Waals surface area contributed by atoms with Gasteiger partial charge in [-0.05, 0) is 49.7 Å². The summed E-state index contributed by atoms with van der Waals surface area (Å²) >= 11 is 0. The number of nitrogens with zero attached hydrogens (tertiary/aromatic N) is 2.